The van der Waals surface area contributed by atoms with Crippen molar-refractivity contribution in [2.45, 2.75) is 96.8 Å². The van der Waals surface area contributed by atoms with E-state index in [0.29, 0.717) is 42.4 Å². The number of rotatable bonds is 4. The van der Waals surface area contributed by atoms with E-state index in [1.807, 2.05) is 0 Å². The lowest BCUT2D eigenvalue weighted by Crippen LogP contribution is -2.66. The zero-order valence-electron chi connectivity index (χ0n) is 19.3. The fourth-order valence-electron chi connectivity index (χ4n) is 8.95. The van der Waals surface area contributed by atoms with Gasteiger partial charge in [0.15, 0.2) is 0 Å². The molecule has 0 heterocycles. The molecule has 0 spiro atoms. The Morgan fingerprint density at radius 3 is 2.43 bits per heavy atom. The van der Waals surface area contributed by atoms with Crippen molar-refractivity contribution in [1.82, 2.24) is 0 Å². The van der Waals surface area contributed by atoms with Gasteiger partial charge >= 0.3 is 5.97 Å². The Bertz CT molecular complexity index is 655. The fourth-order valence-corrected chi connectivity index (χ4v) is 8.95. The highest BCUT2D eigenvalue weighted by atomic mass is 16.5. The van der Waals surface area contributed by atoms with Crippen LogP contribution in [0.25, 0.3) is 0 Å². The lowest BCUT2D eigenvalue weighted by Gasteiger charge is -2.64. The van der Waals surface area contributed by atoms with E-state index in [0.717, 1.165) is 19.3 Å². The van der Waals surface area contributed by atoms with E-state index < -0.39 is 6.10 Å². The van der Waals surface area contributed by atoms with Crippen molar-refractivity contribution in [3.05, 3.63) is 0 Å². The predicted octanol–water partition coefficient (Wildman–Crippen LogP) is 3.50. The average molecular weight is 422 g/mol. The number of aliphatic hydroxyl groups is 2. The number of esters is 1. The lowest BCUT2D eigenvalue weighted by atomic mass is 9.42. The van der Waals surface area contributed by atoms with Gasteiger partial charge in [-0.25, -0.2) is 0 Å². The minimum Gasteiger partial charge on any atom is -0.469 e. The molecule has 11 atom stereocenters. The number of hydrogen-bond donors (Lipinski definition) is 3. The third-order valence-electron chi connectivity index (χ3n) is 10.6. The molecule has 5 nitrogen and oxygen atoms in total. The zero-order valence-corrected chi connectivity index (χ0v) is 19.3. The van der Waals surface area contributed by atoms with Gasteiger partial charge < -0.3 is 20.7 Å². The van der Waals surface area contributed by atoms with Gasteiger partial charge in [-0.3, -0.25) is 4.79 Å². The Kier molecular flexibility index (Phi) is 6.04. The Morgan fingerprint density at radius 1 is 1.07 bits per heavy atom. The highest BCUT2D eigenvalue weighted by Gasteiger charge is 2.64. The smallest absolute Gasteiger partial charge is 0.305 e. The Hall–Kier alpha value is -0.650. The van der Waals surface area contributed by atoms with Crippen molar-refractivity contribution in [3.63, 3.8) is 0 Å². The molecule has 4 rings (SSSR count). The minimum absolute atomic E-state index is 0.0924. The summed E-state index contributed by atoms with van der Waals surface area (Å²) in [6, 6.07) is -0.188. The van der Waals surface area contributed by atoms with Crippen molar-refractivity contribution in [2.75, 3.05) is 7.11 Å². The van der Waals surface area contributed by atoms with Gasteiger partial charge in [0.05, 0.1) is 19.3 Å². The van der Waals surface area contributed by atoms with Crippen molar-refractivity contribution < 1.29 is 19.7 Å². The Morgan fingerprint density at radius 2 is 1.73 bits per heavy atom. The van der Waals surface area contributed by atoms with Crippen molar-refractivity contribution >= 4 is 5.97 Å². The Balaban J connectivity index is 1.56. The highest BCUT2D eigenvalue weighted by molar-refractivity contribution is 5.69. The molecule has 4 unspecified atom stereocenters. The van der Waals surface area contributed by atoms with Gasteiger partial charge in [-0.2, -0.15) is 0 Å². The van der Waals surface area contributed by atoms with E-state index in [1.165, 1.54) is 32.8 Å². The van der Waals surface area contributed by atoms with Gasteiger partial charge in [0, 0.05) is 12.5 Å². The maximum atomic E-state index is 11.7. The molecule has 0 aromatic rings. The maximum absolute atomic E-state index is 11.7. The minimum atomic E-state index is -0.510. The van der Waals surface area contributed by atoms with Crippen LogP contribution in [-0.2, 0) is 9.53 Å². The maximum Gasteiger partial charge on any atom is 0.305 e. The Labute approximate surface area is 182 Å². The van der Waals surface area contributed by atoms with E-state index in [1.54, 1.807) is 0 Å². The number of methoxy groups -OCH3 is 1. The SMILES string of the molecule is COC(=O)CC[C@@H](C)[C@H]1CC[C@H]2C3[C@H](N)[C@H](O)C4C[C@H](O)CCC4(C)[C@H]3CCC12C. The molecular formula is C25H43NO4. The molecule has 5 heteroatoms. The molecule has 0 aromatic heterocycles. The zero-order chi connectivity index (χ0) is 21.8. The van der Waals surface area contributed by atoms with Crippen LogP contribution in [0.15, 0.2) is 0 Å². The molecule has 4 fully saturated rings. The van der Waals surface area contributed by atoms with Crippen LogP contribution in [0.5, 0.6) is 0 Å². The number of hydrogen-bond acceptors (Lipinski definition) is 5. The summed E-state index contributed by atoms with van der Waals surface area (Å²) < 4.78 is 4.86. The van der Waals surface area contributed by atoms with Crippen LogP contribution in [0.3, 0.4) is 0 Å². The van der Waals surface area contributed by atoms with Crippen LogP contribution in [0.4, 0.5) is 0 Å². The van der Waals surface area contributed by atoms with Gasteiger partial charge in [0.1, 0.15) is 0 Å². The molecule has 4 aliphatic carbocycles. The first-order valence-electron chi connectivity index (χ1n) is 12.3. The van der Waals surface area contributed by atoms with Crippen LogP contribution < -0.4 is 5.73 Å². The van der Waals surface area contributed by atoms with Crippen LogP contribution in [0, 0.1) is 46.3 Å². The summed E-state index contributed by atoms with van der Waals surface area (Å²) in [7, 11) is 1.47. The van der Waals surface area contributed by atoms with E-state index in [2.05, 4.69) is 20.8 Å². The standard InChI is InChI=1S/C25H43NO4/c1-14(5-8-20(28)30-4)16-6-7-17-21-18(10-12-24(16,17)2)25(3)11-9-15(27)13-19(25)23(29)22(21)26/h14-19,21-23,27,29H,5-13,26H2,1-4H3/t14-,15-,16-,17+,18+,19?,21?,22+,23-,24?,25?/m1/s1. The molecule has 4 N–H and O–H groups in total. The summed E-state index contributed by atoms with van der Waals surface area (Å²) in [4.78, 5) is 11.7. The van der Waals surface area contributed by atoms with Crippen molar-refractivity contribution in [3.8, 4) is 0 Å². The number of ether oxygens (including phenoxy) is 1. The molecular weight excluding hydrogens is 378 g/mol. The first-order valence-corrected chi connectivity index (χ1v) is 12.3. The van der Waals surface area contributed by atoms with Gasteiger partial charge in [0.2, 0.25) is 0 Å². The van der Waals surface area contributed by atoms with Gasteiger partial charge in [-0.05, 0) is 97.7 Å². The lowest BCUT2D eigenvalue weighted by molar-refractivity contribution is -0.181. The number of aliphatic hydroxyl groups excluding tert-OH is 2. The second-order valence-corrected chi connectivity index (χ2v) is 11.7. The molecule has 4 saturated carbocycles. The van der Waals surface area contributed by atoms with E-state index in [-0.39, 0.29) is 34.9 Å². The van der Waals surface area contributed by atoms with Gasteiger partial charge in [-0.1, -0.05) is 20.8 Å². The summed E-state index contributed by atoms with van der Waals surface area (Å²) in [6.07, 6.45) is 7.95. The second-order valence-electron chi connectivity index (χ2n) is 11.7. The average Bonchev–Trinajstić information content (AvgIpc) is 3.08. The molecule has 0 bridgehead atoms. The number of nitrogens with two attached hydrogens (primary N) is 1. The highest BCUT2D eigenvalue weighted by Crippen LogP contribution is 2.68. The summed E-state index contributed by atoms with van der Waals surface area (Å²) in [5, 5.41) is 21.5. The van der Waals surface area contributed by atoms with Gasteiger partial charge in [-0.15, -0.1) is 0 Å². The van der Waals surface area contributed by atoms with E-state index >= 15 is 0 Å². The topological polar surface area (TPSA) is 92.8 Å². The summed E-state index contributed by atoms with van der Waals surface area (Å²) in [5.74, 6) is 2.59. The molecule has 0 amide bonds. The molecule has 172 valence electrons. The second kappa shape index (κ2) is 8.04. The van der Waals surface area contributed by atoms with Crippen molar-refractivity contribution in [1.29, 1.82) is 0 Å². The summed E-state index contributed by atoms with van der Waals surface area (Å²) >= 11 is 0. The third kappa shape index (κ3) is 3.34. The van der Waals surface area contributed by atoms with Crippen LogP contribution in [-0.4, -0.2) is 41.5 Å². The summed E-state index contributed by atoms with van der Waals surface area (Å²) in [5.41, 5.74) is 7.14. The van der Waals surface area contributed by atoms with E-state index in [9.17, 15) is 15.0 Å². The van der Waals surface area contributed by atoms with Crippen LogP contribution >= 0.6 is 0 Å². The normalized spacial score (nSPS) is 51.4. The first-order chi connectivity index (χ1) is 14.1. The molecule has 0 aromatic carbocycles. The van der Waals surface area contributed by atoms with Crippen LogP contribution in [0.1, 0.15) is 78.6 Å². The van der Waals surface area contributed by atoms with Gasteiger partial charge in [0.25, 0.3) is 0 Å². The van der Waals surface area contributed by atoms with Crippen LogP contribution in [0.2, 0.25) is 0 Å². The quantitative estimate of drug-likeness (QED) is 0.604. The predicted molar refractivity (Wildman–Crippen MR) is 116 cm³/mol. The molecule has 4 aliphatic rings. The first kappa shape index (κ1) is 22.5. The monoisotopic (exact) mass is 421 g/mol. The number of fused-ring (bicyclic) bond motifs is 5. The molecule has 30 heavy (non-hydrogen) atoms. The van der Waals surface area contributed by atoms with E-state index in [4.69, 9.17) is 10.5 Å². The molecule has 0 radical (unpaired) electrons. The summed E-state index contributed by atoms with van der Waals surface area (Å²) in [6.45, 7) is 7.16. The fraction of sp³-hybridized carbons (Fsp3) is 0.960. The largest absolute Gasteiger partial charge is 0.469 e. The van der Waals surface area contributed by atoms with Crippen molar-refractivity contribution in [2.24, 2.45) is 52.1 Å². The number of carbonyl (C=O) groups is 1. The number of carbonyl (C=O) groups excluding carboxylic acids is 1. The molecule has 0 saturated heterocycles. The third-order valence-corrected chi connectivity index (χ3v) is 10.6. The molecule has 0 aliphatic heterocycles.